The number of nitrogens with two attached hydrogens (primary N) is 1. The van der Waals surface area contributed by atoms with Gasteiger partial charge in [-0.05, 0) is 43.7 Å². The monoisotopic (exact) mass is 303 g/mol. The van der Waals surface area contributed by atoms with Gasteiger partial charge < -0.3 is 10.3 Å². The van der Waals surface area contributed by atoms with Gasteiger partial charge in [0, 0.05) is 23.4 Å². The lowest BCUT2D eigenvalue weighted by Crippen LogP contribution is -2.27. The number of nitrogen functional groups attached to an aromatic ring is 1. The fourth-order valence-electron chi connectivity index (χ4n) is 3.52. The number of hydrogen-bond acceptors (Lipinski definition) is 3. The van der Waals surface area contributed by atoms with Crippen LogP contribution in [0.3, 0.4) is 0 Å². The molecule has 1 heterocycles. The van der Waals surface area contributed by atoms with E-state index in [2.05, 4.69) is 23.8 Å². The smallest absolute Gasteiger partial charge is 0.109 e. The molecule has 1 aliphatic rings. The molecule has 0 saturated heterocycles. The van der Waals surface area contributed by atoms with Crippen molar-refractivity contribution in [3.05, 3.63) is 24.0 Å². The molecular formula is C17H25N3S. The number of fused-ring (bicyclic) bond motifs is 1. The molecule has 0 atom stereocenters. The van der Waals surface area contributed by atoms with Gasteiger partial charge in [-0.1, -0.05) is 19.8 Å². The molecule has 0 unspecified atom stereocenters. The van der Waals surface area contributed by atoms with Crippen LogP contribution < -0.4 is 5.73 Å². The summed E-state index contributed by atoms with van der Waals surface area (Å²) in [7, 11) is 0. The van der Waals surface area contributed by atoms with Crippen molar-refractivity contribution in [3.63, 3.8) is 0 Å². The highest BCUT2D eigenvalue weighted by Crippen LogP contribution is 2.42. The van der Waals surface area contributed by atoms with Crippen molar-refractivity contribution in [2.45, 2.75) is 56.7 Å². The minimum atomic E-state index is 0.400. The molecule has 3 rings (SSSR count). The van der Waals surface area contributed by atoms with Crippen LogP contribution in [-0.2, 0) is 13.0 Å². The molecule has 1 aromatic heterocycles. The molecule has 0 aliphatic heterocycles. The first-order chi connectivity index (χ1) is 10.2. The van der Waals surface area contributed by atoms with Crippen LogP contribution in [0.25, 0.3) is 11.0 Å². The summed E-state index contributed by atoms with van der Waals surface area (Å²) in [6.07, 6.45) is 9.82. The predicted molar refractivity (Wildman–Crippen MR) is 92.9 cm³/mol. The maximum atomic E-state index is 5.92. The number of benzene rings is 1. The van der Waals surface area contributed by atoms with Crippen molar-refractivity contribution in [2.75, 3.05) is 12.0 Å². The highest BCUT2D eigenvalue weighted by molar-refractivity contribution is 8.00. The van der Waals surface area contributed by atoms with Gasteiger partial charge in [0.15, 0.2) is 0 Å². The second-order valence-electron chi connectivity index (χ2n) is 6.21. The Labute approximate surface area is 131 Å². The van der Waals surface area contributed by atoms with Gasteiger partial charge in [0.25, 0.3) is 0 Å². The Morgan fingerprint density at radius 2 is 2.10 bits per heavy atom. The number of aryl methyl sites for hydroxylation is 1. The number of hydrogen-bond donors (Lipinski definition) is 1. The molecule has 0 spiro atoms. The molecule has 1 aromatic carbocycles. The molecule has 0 bridgehead atoms. The molecule has 2 N–H and O–H groups in total. The minimum absolute atomic E-state index is 0.400. The zero-order chi connectivity index (χ0) is 14.9. The third-order valence-corrected chi connectivity index (χ3v) is 6.12. The Balaban J connectivity index is 2.04. The van der Waals surface area contributed by atoms with Crippen molar-refractivity contribution in [3.8, 4) is 0 Å². The van der Waals surface area contributed by atoms with Gasteiger partial charge in [-0.25, -0.2) is 4.98 Å². The first-order valence-corrected chi connectivity index (χ1v) is 9.20. The van der Waals surface area contributed by atoms with E-state index in [0.29, 0.717) is 4.75 Å². The summed E-state index contributed by atoms with van der Waals surface area (Å²) in [5.41, 5.74) is 9.01. The Hall–Kier alpha value is -1.16. The normalized spacial score (nSPS) is 17.6. The molecule has 21 heavy (non-hydrogen) atoms. The quantitative estimate of drug-likeness (QED) is 0.840. The number of rotatable bonds is 5. The molecule has 1 saturated carbocycles. The second-order valence-corrected chi connectivity index (χ2v) is 7.48. The number of anilines is 1. The van der Waals surface area contributed by atoms with Crippen LogP contribution in [0.4, 0.5) is 5.69 Å². The third kappa shape index (κ3) is 2.78. The van der Waals surface area contributed by atoms with Gasteiger partial charge in [-0.15, -0.1) is 0 Å². The van der Waals surface area contributed by atoms with E-state index in [9.17, 15) is 0 Å². The van der Waals surface area contributed by atoms with Gasteiger partial charge in [0.2, 0.25) is 0 Å². The van der Waals surface area contributed by atoms with E-state index in [1.165, 1.54) is 37.0 Å². The SMILES string of the molecule is CCCc1nc2cc(N)ccc2n1CC1(SC)CCCC1. The summed E-state index contributed by atoms with van der Waals surface area (Å²) in [6.45, 7) is 3.31. The lowest BCUT2D eigenvalue weighted by atomic mass is 10.1. The summed E-state index contributed by atoms with van der Waals surface area (Å²) in [6, 6.07) is 6.14. The van der Waals surface area contributed by atoms with E-state index in [0.717, 1.165) is 30.6 Å². The fourth-order valence-corrected chi connectivity index (χ4v) is 4.48. The van der Waals surface area contributed by atoms with Gasteiger partial charge in [-0.2, -0.15) is 11.8 Å². The highest BCUT2D eigenvalue weighted by Gasteiger charge is 2.34. The van der Waals surface area contributed by atoms with E-state index < -0.39 is 0 Å². The minimum Gasteiger partial charge on any atom is -0.399 e. The summed E-state index contributed by atoms with van der Waals surface area (Å²) in [5.74, 6) is 1.22. The molecule has 1 aliphatic carbocycles. The van der Waals surface area contributed by atoms with Crippen LogP contribution in [0.2, 0.25) is 0 Å². The number of aromatic nitrogens is 2. The summed E-state index contributed by atoms with van der Waals surface area (Å²) in [4.78, 5) is 4.84. The van der Waals surface area contributed by atoms with Crippen molar-refractivity contribution in [1.82, 2.24) is 9.55 Å². The summed E-state index contributed by atoms with van der Waals surface area (Å²) in [5, 5.41) is 0. The zero-order valence-corrected chi connectivity index (χ0v) is 13.9. The Morgan fingerprint density at radius 3 is 2.76 bits per heavy atom. The first-order valence-electron chi connectivity index (χ1n) is 7.97. The Kier molecular flexibility index (Phi) is 4.16. The van der Waals surface area contributed by atoms with Crippen LogP contribution >= 0.6 is 11.8 Å². The van der Waals surface area contributed by atoms with E-state index in [1.54, 1.807) is 0 Å². The van der Waals surface area contributed by atoms with Gasteiger partial charge in [0.05, 0.1) is 11.0 Å². The molecule has 0 amide bonds. The highest BCUT2D eigenvalue weighted by atomic mass is 32.2. The van der Waals surface area contributed by atoms with Crippen molar-refractivity contribution >= 4 is 28.5 Å². The number of imidazole rings is 1. The predicted octanol–water partition coefficient (Wildman–Crippen LogP) is 4.25. The lowest BCUT2D eigenvalue weighted by Gasteiger charge is -2.28. The summed E-state index contributed by atoms with van der Waals surface area (Å²) >= 11 is 2.04. The molecule has 114 valence electrons. The van der Waals surface area contributed by atoms with Crippen molar-refractivity contribution in [2.24, 2.45) is 0 Å². The number of nitrogens with zero attached hydrogens (tertiary/aromatic N) is 2. The largest absolute Gasteiger partial charge is 0.399 e. The fraction of sp³-hybridized carbons (Fsp3) is 0.588. The van der Waals surface area contributed by atoms with Crippen LogP contribution in [0.1, 0.15) is 44.9 Å². The first kappa shape index (κ1) is 14.8. The third-order valence-electron chi connectivity index (χ3n) is 4.72. The zero-order valence-electron chi connectivity index (χ0n) is 13.1. The van der Waals surface area contributed by atoms with E-state index in [-0.39, 0.29) is 0 Å². The lowest BCUT2D eigenvalue weighted by molar-refractivity contribution is 0.499. The summed E-state index contributed by atoms with van der Waals surface area (Å²) < 4.78 is 2.86. The van der Waals surface area contributed by atoms with Gasteiger partial charge in [-0.3, -0.25) is 0 Å². The molecule has 3 nitrogen and oxygen atoms in total. The molecule has 0 radical (unpaired) electrons. The average molecular weight is 303 g/mol. The van der Waals surface area contributed by atoms with Crippen LogP contribution in [0.15, 0.2) is 18.2 Å². The molecule has 2 aromatic rings. The van der Waals surface area contributed by atoms with E-state index >= 15 is 0 Å². The second kappa shape index (κ2) is 5.91. The van der Waals surface area contributed by atoms with Crippen LogP contribution in [0, 0.1) is 0 Å². The number of thioether (sulfide) groups is 1. The standard InChI is InChI=1S/C17H25N3S/c1-3-6-16-19-14-11-13(18)7-8-15(14)20(16)12-17(21-2)9-4-5-10-17/h7-8,11H,3-6,9-10,12,18H2,1-2H3. The van der Waals surface area contributed by atoms with Crippen molar-refractivity contribution < 1.29 is 0 Å². The van der Waals surface area contributed by atoms with Crippen LogP contribution in [-0.4, -0.2) is 20.6 Å². The maximum Gasteiger partial charge on any atom is 0.109 e. The Bertz CT molecular complexity index is 626. The van der Waals surface area contributed by atoms with Crippen molar-refractivity contribution in [1.29, 1.82) is 0 Å². The van der Waals surface area contributed by atoms with Gasteiger partial charge >= 0.3 is 0 Å². The topological polar surface area (TPSA) is 43.8 Å². The maximum absolute atomic E-state index is 5.92. The molecule has 1 fully saturated rings. The molecule has 4 heteroatoms. The Morgan fingerprint density at radius 1 is 1.33 bits per heavy atom. The van der Waals surface area contributed by atoms with E-state index in [1.807, 2.05) is 23.9 Å². The van der Waals surface area contributed by atoms with Gasteiger partial charge in [0.1, 0.15) is 5.82 Å². The average Bonchev–Trinajstić information content (AvgIpc) is 3.06. The van der Waals surface area contributed by atoms with Crippen LogP contribution in [0.5, 0.6) is 0 Å². The molecular weight excluding hydrogens is 278 g/mol. The van der Waals surface area contributed by atoms with E-state index in [4.69, 9.17) is 10.7 Å².